The molecule has 4 rings (SSSR count). The molecule has 0 fully saturated rings. The van der Waals surface area contributed by atoms with Crippen molar-refractivity contribution in [2.24, 2.45) is 5.92 Å². The molecular weight excluding hydrogens is 637 g/mol. The summed E-state index contributed by atoms with van der Waals surface area (Å²) in [5, 5.41) is 13.1. The summed E-state index contributed by atoms with van der Waals surface area (Å²) in [7, 11) is -2.51. The molecule has 4 atom stereocenters. The van der Waals surface area contributed by atoms with Crippen molar-refractivity contribution in [2.45, 2.75) is 69.6 Å². The maximum atomic E-state index is 14.3. The summed E-state index contributed by atoms with van der Waals surface area (Å²) in [5.41, 5.74) is 1.52. The van der Waals surface area contributed by atoms with E-state index in [9.17, 15) is 27.5 Å². The van der Waals surface area contributed by atoms with Crippen LogP contribution in [0.25, 0.3) is 0 Å². The molecule has 2 amide bonds. The molecule has 0 saturated carbocycles. The van der Waals surface area contributed by atoms with Crippen molar-refractivity contribution in [3.8, 4) is 5.75 Å². The fraction of sp³-hybridized carbons (Fsp3) is 0.444. The number of anilines is 1. The van der Waals surface area contributed by atoms with Gasteiger partial charge in [0.05, 0.1) is 41.7 Å². The van der Waals surface area contributed by atoms with E-state index in [0.29, 0.717) is 30.9 Å². The number of hydrogen-bond donors (Lipinski definition) is 2. The molecule has 48 heavy (non-hydrogen) atoms. The van der Waals surface area contributed by atoms with Gasteiger partial charge in [-0.05, 0) is 81.1 Å². The molecule has 260 valence electrons. The van der Waals surface area contributed by atoms with Crippen molar-refractivity contribution >= 4 is 27.5 Å². The van der Waals surface area contributed by atoms with Crippen LogP contribution in [0.4, 0.5) is 10.1 Å². The minimum atomic E-state index is -3.95. The van der Waals surface area contributed by atoms with Crippen LogP contribution < -0.4 is 10.1 Å². The number of hydrogen-bond acceptors (Lipinski definition) is 7. The second-order valence-electron chi connectivity index (χ2n) is 12.5. The predicted molar refractivity (Wildman–Crippen MR) is 182 cm³/mol. The number of rotatable bonds is 9. The number of benzene rings is 3. The van der Waals surface area contributed by atoms with Gasteiger partial charge in [-0.1, -0.05) is 37.3 Å². The first-order chi connectivity index (χ1) is 22.9. The second-order valence-corrected chi connectivity index (χ2v) is 14.5. The summed E-state index contributed by atoms with van der Waals surface area (Å²) >= 11 is 0. The molecule has 0 bridgehead atoms. The first-order valence-corrected chi connectivity index (χ1v) is 17.7. The highest BCUT2D eigenvalue weighted by Crippen LogP contribution is 2.29. The molecule has 0 unspecified atom stereocenters. The first-order valence-electron chi connectivity index (χ1n) is 16.3. The topological polar surface area (TPSA) is 125 Å². The van der Waals surface area contributed by atoms with Crippen LogP contribution in [0.15, 0.2) is 77.7 Å². The molecule has 1 heterocycles. The van der Waals surface area contributed by atoms with Crippen LogP contribution in [-0.2, 0) is 26.0 Å². The molecule has 1 aliphatic heterocycles. The smallest absolute Gasteiger partial charge is 0.258 e. The van der Waals surface area contributed by atoms with Gasteiger partial charge in [0.15, 0.2) is 0 Å². The molecule has 0 spiro atoms. The van der Waals surface area contributed by atoms with E-state index in [1.54, 1.807) is 25.1 Å². The third kappa shape index (κ3) is 9.85. The number of fused-ring (bicyclic) bond motifs is 1. The Labute approximate surface area is 282 Å². The number of halogens is 1. The minimum Gasteiger partial charge on any atom is -0.490 e. The molecule has 12 heteroatoms. The van der Waals surface area contributed by atoms with E-state index < -0.39 is 33.9 Å². The fourth-order valence-corrected chi connectivity index (χ4v) is 6.77. The van der Waals surface area contributed by atoms with E-state index in [1.165, 1.54) is 28.4 Å². The van der Waals surface area contributed by atoms with Crippen LogP contribution in [0.2, 0.25) is 0 Å². The van der Waals surface area contributed by atoms with Crippen molar-refractivity contribution in [1.29, 1.82) is 0 Å². The SMILES string of the molecule is C[C@@H]1CCCCO[C@H](CN(C)S(=O)(=O)c2ccc(F)cc2)[C@@H](C)CN([C@H](C)CO)C(=O)c2cc(NC(=O)Cc3ccccc3)ccc2O1. The van der Waals surface area contributed by atoms with Crippen molar-refractivity contribution in [3.63, 3.8) is 0 Å². The van der Waals surface area contributed by atoms with Crippen LogP contribution in [-0.4, -0.2) is 86.1 Å². The van der Waals surface area contributed by atoms with Crippen molar-refractivity contribution in [1.82, 2.24) is 9.21 Å². The fourth-order valence-electron chi connectivity index (χ4n) is 5.59. The van der Waals surface area contributed by atoms with Crippen LogP contribution in [0, 0.1) is 11.7 Å². The van der Waals surface area contributed by atoms with Gasteiger partial charge in [-0.2, -0.15) is 4.31 Å². The van der Waals surface area contributed by atoms with Crippen molar-refractivity contribution in [2.75, 3.05) is 38.7 Å². The van der Waals surface area contributed by atoms with E-state index in [-0.39, 0.29) is 54.5 Å². The van der Waals surface area contributed by atoms with Crippen molar-refractivity contribution < 1.29 is 37.0 Å². The minimum absolute atomic E-state index is 0.00981. The van der Waals surface area contributed by atoms with Crippen LogP contribution in [0.1, 0.15) is 56.0 Å². The number of amides is 2. The molecule has 0 radical (unpaired) electrons. The van der Waals surface area contributed by atoms with Gasteiger partial charge < -0.3 is 24.8 Å². The molecule has 0 aliphatic carbocycles. The summed E-state index contributed by atoms with van der Waals surface area (Å²) in [5.74, 6) is -1.18. The van der Waals surface area contributed by atoms with Gasteiger partial charge in [-0.25, -0.2) is 12.8 Å². The van der Waals surface area contributed by atoms with E-state index >= 15 is 0 Å². The molecule has 0 aromatic heterocycles. The van der Waals surface area contributed by atoms with Crippen LogP contribution >= 0.6 is 0 Å². The highest BCUT2D eigenvalue weighted by molar-refractivity contribution is 7.89. The predicted octanol–water partition coefficient (Wildman–Crippen LogP) is 5.12. The maximum Gasteiger partial charge on any atom is 0.258 e. The Morgan fingerprint density at radius 2 is 1.79 bits per heavy atom. The van der Waals surface area contributed by atoms with E-state index in [4.69, 9.17) is 9.47 Å². The van der Waals surface area contributed by atoms with Gasteiger partial charge in [0.25, 0.3) is 5.91 Å². The lowest BCUT2D eigenvalue weighted by Crippen LogP contribution is -2.48. The van der Waals surface area contributed by atoms with Gasteiger partial charge in [-0.15, -0.1) is 0 Å². The molecule has 10 nitrogen and oxygen atoms in total. The normalized spacial score (nSPS) is 20.4. The monoisotopic (exact) mass is 683 g/mol. The zero-order chi connectivity index (χ0) is 34.8. The largest absolute Gasteiger partial charge is 0.490 e. The summed E-state index contributed by atoms with van der Waals surface area (Å²) in [6.07, 6.45) is 1.49. The second kappa shape index (κ2) is 17.0. The van der Waals surface area contributed by atoms with Gasteiger partial charge in [0.2, 0.25) is 15.9 Å². The number of nitrogens with one attached hydrogen (secondary N) is 1. The molecule has 1 aliphatic rings. The molecule has 2 N–H and O–H groups in total. The summed E-state index contributed by atoms with van der Waals surface area (Å²) in [6, 6.07) is 18.4. The average molecular weight is 684 g/mol. The number of aliphatic hydroxyl groups excluding tert-OH is 1. The molecular formula is C36H46FN3O7S. The van der Waals surface area contributed by atoms with E-state index in [0.717, 1.165) is 24.1 Å². The zero-order valence-corrected chi connectivity index (χ0v) is 28.8. The van der Waals surface area contributed by atoms with Gasteiger partial charge in [0, 0.05) is 38.3 Å². The highest BCUT2D eigenvalue weighted by atomic mass is 32.2. The Morgan fingerprint density at radius 3 is 2.48 bits per heavy atom. The Bertz CT molecular complexity index is 1620. The third-order valence-corrected chi connectivity index (χ3v) is 10.3. The number of carbonyl (C=O) groups is 2. The Balaban J connectivity index is 1.62. The summed E-state index contributed by atoms with van der Waals surface area (Å²) in [6.45, 7) is 5.70. The Kier molecular flexibility index (Phi) is 13.1. The lowest BCUT2D eigenvalue weighted by Gasteiger charge is -2.35. The lowest BCUT2D eigenvalue weighted by atomic mass is 10.0. The van der Waals surface area contributed by atoms with Crippen molar-refractivity contribution in [3.05, 3.63) is 89.7 Å². The Hall–Kier alpha value is -3.84. The summed E-state index contributed by atoms with van der Waals surface area (Å²) < 4.78 is 53.9. The molecule has 0 saturated heterocycles. The molecule has 3 aromatic rings. The Morgan fingerprint density at radius 1 is 1.08 bits per heavy atom. The molecule has 3 aromatic carbocycles. The van der Waals surface area contributed by atoms with Gasteiger partial charge in [-0.3, -0.25) is 9.59 Å². The quantitative estimate of drug-likeness (QED) is 0.321. The van der Waals surface area contributed by atoms with E-state index in [2.05, 4.69) is 5.32 Å². The van der Waals surface area contributed by atoms with Crippen LogP contribution in [0.5, 0.6) is 5.75 Å². The van der Waals surface area contributed by atoms with E-state index in [1.807, 2.05) is 44.2 Å². The average Bonchev–Trinajstić information content (AvgIpc) is 3.06. The standard InChI is InChI=1S/C36H46FN3O7S/c1-25-22-40(26(2)24-41)36(43)32-21-30(38-35(42)20-28-11-6-5-7-12-28)15-18-33(32)47-27(3)10-8-9-19-46-34(25)23-39(4)48(44,45)31-16-13-29(37)14-17-31/h5-7,11-18,21,25-27,34,41H,8-10,19-20,22-24H2,1-4H3,(H,38,42)/t25-,26+,27+,34+/m0/s1. The number of ether oxygens (including phenoxy) is 2. The number of nitrogens with zero attached hydrogens (tertiary/aromatic N) is 2. The zero-order valence-electron chi connectivity index (χ0n) is 28.0. The highest BCUT2D eigenvalue weighted by Gasteiger charge is 2.32. The van der Waals surface area contributed by atoms with Gasteiger partial charge >= 0.3 is 0 Å². The van der Waals surface area contributed by atoms with Crippen LogP contribution in [0.3, 0.4) is 0 Å². The first kappa shape index (κ1) is 37.0. The van der Waals surface area contributed by atoms with Gasteiger partial charge in [0.1, 0.15) is 11.6 Å². The lowest BCUT2D eigenvalue weighted by molar-refractivity contribution is -0.115. The maximum absolute atomic E-state index is 14.3. The number of carbonyl (C=O) groups excluding carboxylic acids is 2. The third-order valence-electron chi connectivity index (χ3n) is 8.50. The number of aliphatic hydroxyl groups is 1. The summed E-state index contributed by atoms with van der Waals surface area (Å²) in [4.78, 5) is 28.7. The number of sulfonamides is 1. The number of likely N-dealkylation sites (N-methyl/N-ethyl adjacent to an activating group) is 1.